The second kappa shape index (κ2) is 6.41. The SMILES string of the molecule is CC1CCCN(C(=O)N(C)C2CCCNCC2)C1. The molecule has 4 heteroatoms. The van der Waals surface area contributed by atoms with Crippen LogP contribution in [0, 0.1) is 5.92 Å². The quantitative estimate of drug-likeness (QED) is 0.775. The molecule has 2 unspecified atom stereocenters. The topological polar surface area (TPSA) is 35.6 Å². The zero-order chi connectivity index (χ0) is 13.0. The van der Waals surface area contributed by atoms with Gasteiger partial charge in [-0.3, -0.25) is 0 Å². The Balaban J connectivity index is 1.90. The zero-order valence-electron chi connectivity index (χ0n) is 11.8. The summed E-state index contributed by atoms with van der Waals surface area (Å²) < 4.78 is 0. The molecule has 104 valence electrons. The van der Waals surface area contributed by atoms with Gasteiger partial charge in [-0.2, -0.15) is 0 Å². The first-order valence-electron chi connectivity index (χ1n) is 7.41. The summed E-state index contributed by atoms with van der Waals surface area (Å²) in [6.07, 6.45) is 5.83. The van der Waals surface area contributed by atoms with Crippen molar-refractivity contribution in [2.75, 3.05) is 33.2 Å². The fourth-order valence-corrected chi connectivity index (χ4v) is 3.13. The number of likely N-dealkylation sites (tertiary alicyclic amines) is 1. The third-order valence-corrected chi connectivity index (χ3v) is 4.32. The van der Waals surface area contributed by atoms with E-state index in [0.29, 0.717) is 12.0 Å². The van der Waals surface area contributed by atoms with Crippen LogP contribution in [0.2, 0.25) is 0 Å². The minimum Gasteiger partial charge on any atom is -0.325 e. The molecule has 0 saturated carbocycles. The maximum absolute atomic E-state index is 12.5. The number of hydrogen-bond donors (Lipinski definition) is 1. The van der Waals surface area contributed by atoms with Crippen LogP contribution in [0.3, 0.4) is 0 Å². The summed E-state index contributed by atoms with van der Waals surface area (Å²) >= 11 is 0. The van der Waals surface area contributed by atoms with Crippen molar-refractivity contribution in [3.8, 4) is 0 Å². The first-order chi connectivity index (χ1) is 8.68. The van der Waals surface area contributed by atoms with Crippen LogP contribution >= 0.6 is 0 Å². The van der Waals surface area contributed by atoms with E-state index in [2.05, 4.69) is 12.2 Å². The minimum absolute atomic E-state index is 0.244. The number of hydrogen-bond acceptors (Lipinski definition) is 2. The van der Waals surface area contributed by atoms with E-state index >= 15 is 0 Å². The number of carbonyl (C=O) groups is 1. The van der Waals surface area contributed by atoms with Gasteiger partial charge in [0.15, 0.2) is 0 Å². The third-order valence-electron chi connectivity index (χ3n) is 4.32. The molecule has 4 nitrogen and oxygen atoms in total. The molecule has 2 saturated heterocycles. The normalized spacial score (nSPS) is 29.8. The van der Waals surface area contributed by atoms with Crippen molar-refractivity contribution in [3.05, 3.63) is 0 Å². The number of amides is 2. The Kier molecular flexibility index (Phi) is 4.87. The van der Waals surface area contributed by atoms with Gasteiger partial charge < -0.3 is 15.1 Å². The highest BCUT2D eigenvalue weighted by molar-refractivity contribution is 5.74. The smallest absolute Gasteiger partial charge is 0.319 e. The second-order valence-electron chi connectivity index (χ2n) is 5.92. The highest BCUT2D eigenvalue weighted by Gasteiger charge is 2.27. The minimum atomic E-state index is 0.244. The standard InChI is InChI=1S/C14H27N3O/c1-12-5-4-10-17(11-12)14(18)16(2)13-6-3-8-15-9-7-13/h12-13,15H,3-11H2,1-2H3. The van der Waals surface area contributed by atoms with Gasteiger partial charge in [0, 0.05) is 26.2 Å². The molecule has 0 aromatic rings. The van der Waals surface area contributed by atoms with E-state index in [4.69, 9.17) is 0 Å². The Morgan fingerprint density at radius 2 is 2.06 bits per heavy atom. The molecular weight excluding hydrogens is 226 g/mol. The summed E-state index contributed by atoms with van der Waals surface area (Å²) in [7, 11) is 1.98. The third kappa shape index (κ3) is 3.37. The van der Waals surface area contributed by atoms with Crippen LogP contribution < -0.4 is 5.32 Å². The summed E-state index contributed by atoms with van der Waals surface area (Å²) in [6, 6.07) is 0.665. The summed E-state index contributed by atoms with van der Waals surface area (Å²) in [4.78, 5) is 16.5. The Hall–Kier alpha value is -0.770. The highest BCUT2D eigenvalue weighted by Crippen LogP contribution is 2.19. The zero-order valence-corrected chi connectivity index (χ0v) is 11.8. The lowest BCUT2D eigenvalue weighted by atomic mass is 10.0. The van der Waals surface area contributed by atoms with Gasteiger partial charge in [0.1, 0.15) is 0 Å². The molecule has 0 aromatic carbocycles. The van der Waals surface area contributed by atoms with Crippen LogP contribution in [0.15, 0.2) is 0 Å². The van der Waals surface area contributed by atoms with E-state index in [9.17, 15) is 4.79 Å². The largest absolute Gasteiger partial charge is 0.325 e. The van der Waals surface area contributed by atoms with Crippen LogP contribution in [-0.4, -0.2) is 55.1 Å². The molecule has 0 bridgehead atoms. The number of urea groups is 1. The number of rotatable bonds is 1. The predicted molar refractivity (Wildman–Crippen MR) is 73.6 cm³/mol. The molecule has 2 amide bonds. The van der Waals surface area contributed by atoms with Crippen LogP contribution in [0.1, 0.15) is 39.0 Å². The summed E-state index contributed by atoms with van der Waals surface area (Å²) in [6.45, 7) is 6.26. The van der Waals surface area contributed by atoms with E-state index in [1.165, 1.54) is 12.8 Å². The van der Waals surface area contributed by atoms with E-state index in [1.807, 2.05) is 16.8 Å². The summed E-state index contributed by atoms with van der Waals surface area (Å²) in [5.41, 5.74) is 0. The molecule has 1 N–H and O–H groups in total. The van der Waals surface area contributed by atoms with Gasteiger partial charge >= 0.3 is 6.03 Å². The molecule has 0 aromatic heterocycles. The highest BCUT2D eigenvalue weighted by atomic mass is 16.2. The van der Waals surface area contributed by atoms with Crippen molar-refractivity contribution in [2.45, 2.75) is 45.1 Å². The Bertz CT molecular complexity index is 274. The molecule has 2 heterocycles. The van der Waals surface area contributed by atoms with Crippen molar-refractivity contribution in [3.63, 3.8) is 0 Å². The molecule has 2 rings (SSSR count). The van der Waals surface area contributed by atoms with Gasteiger partial charge in [-0.15, -0.1) is 0 Å². The maximum atomic E-state index is 12.5. The monoisotopic (exact) mass is 253 g/mol. The van der Waals surface area contributed by atoms with Crippen molar-refractivity contribution >= 4 is 6.03 Å². The fourth-order valence-electron chi connectivity index (χ4n) is 3.13. The van der Waals surface area contributed by atoms with E-state index in [-0.39, 0.29) is 6.03 Å². The fraction of sp³-hybridized carbons (Fsp3) is 0.929. The van der Waals surface area contributed by atoms with Crippen molar-refractivity contribution in [1.29, 1.82) is 0 Å². The Labute approximate surface area is 111 Å². The first-order valence-corrected chi connectivity index (χ1v) is 7.41. The average molecular weight is 253 g/mol. The molecule has 2 atom stereocenters. The van der Waals surface area contributed by atoms with Gasteiger partial charge in [0.2, 0.25) is 0 Å². The second-order valence-corrected chi connectivity index (χ2v) is 5.92. The molecule has 18 heavy (non-hydrogen) atoms. The molecule has 0 spiro atoms. The van der Waals surface area contributed by atoms with E-state index in [0.717, 1.165) is 45.4 Å². The van der Waals surface area contributed by atoms with Crippen LogP contribution in [0.5, 0.6) is 0 Å². The molecule has 0 aliphatic carbocycles. The van der Waals surface area contributed by atoms with Gasteiger partial charge in [0.05, 0.1) is 0 Å². The van der Waals surface area contributed by atoms with Gasteiger partial charge in [0.25, 0.3) is 0 Å². The predicted octanol–water partition coefficient (Wildman–Crippen LogP) is 1.91. The van der Waals surface area contributed by atoms with Gasteiger partial charge in [-0.1, -0.05) is 6.92 Å². The number of nitrogens with one attached hydrogen (secondary N) is 1. The van der Waals surface area contributed by atoms with Crippen LogP contribution in [-0.2, 0) is 0 Å². The van der Waals surface area contributed by atoms with Crippen LogP contribution in [0.4, 0.5) is 4.79 Å². The first kappa shape index (κ1) is 13.7. The maximum Gasteiger partial charge on any atom is 0.319 e. The number of carbonyl (C=O) groups excluding carboxylic acids is 1. The molecule has 2 aliphatic rings. The van der Waals surface area contributed by atoms with Gasteiger partial charge in [-0.05, 0) is 51.1 Å². The molecule has 2 fully saturated rings. The van der Waals surface area contributed by atoms with Crippen molar-refractivity contribution in [1.82, 2.24) is 15.1 Å². The van der Waals surface area contributed by atoms with Gasteiger partial charge in [-0.25, -0.2) is 4.79 Å². The summed E-state index contributed by atoms with van der Waals surface area (Å²) in [5.74, 6) is 0.659. The lowest BCUT2D eigenvalue weighted by molar-refractivity contribution is 0.123. The molecular formula is C14H27N3O. The van der Waals surface area contributed by atoms with E-state index < -0.39 is 0 Å². The number of nitrogens with zero attached hydrogens (tertiary/aromatic N) is 2. The Morgan fingerprint density at radius 3 is 2.83 bits per heavy atom. The Morgan fingerprint density at radius 1 is 1.22 bits per heavy atom. The lowest BCUT2D eigenvalue weighted by Crippen LogP contribution is -2.49. The van der Waals surface area contributed by atoms with Crippen LogP contribution in [0.25, 0.3) is 0 Å². The van der Waals surface area contributed by atoms with E-state index in [1.54, 1.807) is 0 Å². The average Bonchev–Trinajstić information content (AvgIpc) is 2.66. The lowest BCUT2D eigenvalue weighted by Gasteiger charge is -2.37. The number of piperidine rings is 1. The summed E-state index contributed by atoms with van der Waals surface area (Å²) in [5, 5.41) is 3.41. The molecule has 2 aliphatic heterocycles. The van der Waals surface area contributed by atoms with Crippen molar-refractivity contribution in [2.24, 2.45) is 5.92 Å². The van der Waals surface area contributed by atoms with Crippen molar-refractivity contribution < 1.29 is 4.79 Å². The molecule has 0 radical (unpaired) electrons.